The molecule has 0 heterocycles. The Hall–Kier alpha value is -1.01. The molecular formula is C11H15F2NO2S. The van der Waals surface area contributed by atoms with Crippen LogP contribution in [0.5, 0.6) is 0 Å². The fourth-order valence-corrected chi connectivity index (χ4v) is 2.30. The van der Waals surface area contributed by atoms with Gasteiger partial charge in [-0.05, 0) is 24.1 Å². The van der Waals surface area contributed by atoms with Gasteiger partial charge >= 0.3 is 0 Å². The molecule has 0 fully saturated rings. The van der Waals surface area contributed by atoms with E-state index in [1.54, 1.807) is 0 Å². The Morgan fingerprint density at radius 1 is 1.29 bits per heavy atom. The van der Waals surface area contributed by atoms with Crippen molar-refractivity contribution in [3.63, 3.8) is 0 Å². The van der Waals surface area contributed by atoms with Crippen LogP contribution < -0.4 is 4.72 Å². The van der Waals surface area contributed by atoms with Crippen molar-refractivity contribution < 1.29 is 17.2 Å². The molecule has 0 radical (unpaired) electrons. The Labute approximate surface area is 99.9 Å². The van der Waals surface area contributed by atoms with Crippen LogP contribution in [-0.4, -0.2) is 15.0 Å². The monoisotopic (exact) mass is 263 g/mol. The van der Waals surface area contributed by atoms with E-state index in [1.165, 1.54) is 0 Å². The summed E-state index contributed by atoms with van der Waals surface area (Å²) in [5.74, 6) is -2.04. The van der Waals surface area contributed by atoms with E-state index >= 15 is 0 Å². The Morgan fingerprint density at radius 3 is 2.47 bits per heavy atom. The predicted octanol–water partition coefficient (Wildman–Crippen LogP) is 2.29. The van der Waals surface area contributed by atoms with Gasteiger partial charge in [0.05, 0.1) is 4.90 Å². The largest absolute Gasteiger partial charge is 0.240 e. The molecule has 0 saturated carbocycles. The van der Waals surface area contributed by atoms with E-state index in [-0.39, 0.29) is 17.4 Å². The quantitative estimate of drug-likeness (QED) is 0.886. The molecule has 0 spiro atoms. The number of benzene rings is 1. The van der Waals surface area contributed by atoms with Crippen LogP contribution in [0.25, 0.3) is 0 Å². The summed E-state index contributed by atoms with van der Waals surface area (Å²) >= 11 is 0. The second-order valence-corrected chi connectivity index (χ2v) is 5.71. The molecular weight excluding hydrogens is 248 g/mol. The van der Waals surface area contributed by atoms with Gasteiger partial charge in [-0.2, -0.15) is 0 Å². The van der Waals surface area contributed by atoms with Crippen molar-refractivity contribution in [2.45, 2.75) is 25.2 Å². The highest BCUT2D eigenvalue weighted by Gasteiger charge is 2.16. The third-order valence-electron chi connectivity index (χ3n) is 2.52. The van der Waals surface area contributed by atoms with Crippen molar-refractivity contribution in [2.24, 2.45) is 5.92 Å². The lowest BCUT2D eigenvalue weighted by Crippen LogP contribution is -2.28. The van der Waals surface area contributed by atoms with Crippen LogP contribution in [0.1, 0.15) is 20.3 Å². The van der Waals surface area contributed by atoms with Crippen molar-refractivity contribution in [3.8, 4) is 0 Å². The fraction of sp³-hybridized carbons (Fsp3) is 0.455. The SMILES string of the molecule is CCC(C)CNS(=O)(=O)c1ccc(F)c(F)c1. The van der Waals surface area contributed by atoms with Gasteiger partial charge in [-0.15, -0.1) is 0 Å². The summed E-state index contributed by atoms with van der Waals surface area (Å²) < 4.78 is 51.4. The Balaban J connectivity index is 2.86. The molecule has 1 rings (SSSR count). The highest BCUT2D eigenvalue weighted by atomic mass is 32.2. The summed E-state index contributed by atoms with van der Waals surface area (Å²) in [5.41, 5.74) is 0. The van der Waals surface area contributed by atoms with Gasteiger partial charge in [0.1, 0.15) is 0 Å². The van der Waals surface area contributed by atoms with Crippen molar-refractivity contribution in [1.29, 1.82) is 0 Å². The average Bonchev–Trinajstić information content (AvgIpc) is 2.29. The minimum atomic E-state index is -3.76. The normalized spacial score (nSPS) is 13.6. The molecule has 0 aliphatic heterocycles. The van der Waals surface area contributed by atoms with Crippen LogP contribution in [0, 0.1) is 17.6 Å². The van der Waals surface area contributed by atoms with Crippen LogP contribution in [-0.2, 0) is 10.0 Å². The van der Waals surface area contributed by atoms with E-state index in [1.807, 2.05) is 13.8 Å². The number of nitrogens with one attached hydrogen (secondary N) is 1. The third-order valence-corrected chi connectivity index (χ3v) is 3.94. The van der Waals surface area contributed by atoms with Crippen LogP contribution >= 0.6 is 0 Å². The third kappa shape index (κ3) is 3.74. The maximum atomic E-state index is 12.9. The molecule has 0 aliphatic carbocycles. The zero-order valence-corrected chi connectivity index (χ0v) is 10.5. The fourth-order valence-electron chi connectivity index (χ4n) is 1.12. The molecule has 0 saturated heterocycles. The number of hydrogen-bond acceptors (Lipinski definition) is 2. The van der Waals surface area contributed by atoms with Crippen molar-refractivity contribution >= 4 is 10.0 Å². The molecule has 1 aromatic carbocycles. The molecule has 3 nitrogen and oxygen atoms in total. The van der Waals surface area contributed by atoms with Gasteiger partial charge in [0, 0.05) is 6.54 Å². The Bertz CT molecular complexity index is 488. The number of sulfonamides is 1. The van der Waals surface area contributed by atoms with Crippen molar-refractivity contribution in [1.82, 2.24) is 4.72 Å². The summed E-state index contributed by atoms with van der Waals surface area (Å²) in [7, 11) is -3.76. The molecule has 6 heteroatoms. The highest BCUT2D eigenvalue weighted by molar-refractivity contribution is 7.89. The van der Waals surface area contributed by atoms with E-state index in [2.05, 4.69) is 4.72 Å². The second-order valence-electron chi connectivity index (χ2n) is 3.94. The molecule has 1 N–H and O–H groups in total. The molecule has 1 atom stereocenters. The van der Waals surface area contributed by atoms with Crippen LogP contribution in [0.15, 0.2) is 23.1 Å². The lowest BCUT2D eigenvalue weighted by molar-refractivity contribution is 0.502. The first-order valence-electron chi connectivity index (χ1n) is 5.31. The average molecular weight is 263 g/mol. The zero-order valence-electron chi connectivity index (χ0n) is 9.70. The van der Waals surface area contributed by atoms with E-state index in [0.29, 0.717) is 6.07 Å². The lowest BCUT2D eigenvalue weighted by Gasteiger charge is -2.10. The number of rotatable bonds is 5. The molecule has 96 valence electrons. The van der Waals surface area contributed by atoms with E-state index < -0.39 is 21.7 Å². The molecule has 1 unspecified atom stereocenters. The van der Waals surface area contributed by atoms with Crippen LogP contribution in [0.2, 0.25) is 0 Å². The molecule has 1 aromatic rings. The number of hydrogen-bond donors (Lipinski definition) is 1. The minimum absolute atomic E-state index is 0.190. The Kier molecular flexibility index (Phi) is 4.59. The molecule has 0 aromatic heterocycles. The first kappa shape index (κ1) is 14.1. The standard InChI is InChI=1S/C11H15F2NO2S/c1-3-8(2)7-14-17(15,16)9-4-5-10(12)11(13)6-9/h4-6,8,14H,3,7H2,1-2H3. The zero-order chi connectivity index (χ0) is 13.1. The van der Waals surface area contributed by atoms with Gasteiger partial charge in [-0.3, -0.25) is 0 Å². The van der Waals surface area contributed by atoms with Gasteiger partial charge in [0.25, 0.3) is 0 Å². The maximum absolute atomic E-state index is 12.9. The van der Waals surface area contributed by atoms with E-state index in [0.717, 1.165) is 18.6 Å². The smallest absolute Gasteiger partial charge is 0.211 e. The van der Waals surface area contributed by atoms with E-state index in [4.69, 9.17) is 0 Å². The highest BCUT2D eigenvalue weighted by Crippen LogP contribution is 2.14. The van der Waals surface area contributed by atoms with Gasteiger partial charge in [-0.1, -0.05) is 20.3 Å². The van der Waals surface area contributed by atoms with Gasteiger partial charge in [-0.25, -0.2) is 21.9 Å². The molecule has 0 amide bonds. The van der Waals surface area contributed by atoms with Gasteiger partial charge in [0.2, 0.25) is 10.0 Å². The molecule has 0 aliphatic rings. The molecule has 17 heavy (non-hydrogen) atoms. The summed E-state index contributed by atoms with van der Waals surface area (Å²) in [5, 5.41) is 0. The predicted molar refractivity (Wildman–Crippen MR) is 61.0 cm³/mol. The van der Waals surface area contributed by atoms with Gasteiger partial charge in [0.15, 0.2) is 11.6 Å². The van der Waals surface area contributed by atoms with E-state index in [9.17, 15) is 17.2 Å². The first-order valence-corrected chi connectivity index (χ1v) is 6.80. The van der Waals surface area contributed by atoms with Crippen molar-refractivity contribution in [2.75, 3.05) is 6.54 Å². The summed E-state index contributed by atoms with van der Waals surface area (Å²) in [6.07, 6.45) is 0.834. The lowest BCUT2D eigenvalue weighted by atomic mass is 10.1. The summed E-state index contributed by atoms with van der Waals surface area (Å²) in [4.78, 5) is -0.264. The van der Waals surface area contributed by atoms with Gasteiger partial charge < -0.3 is 0 Å². The van der Waals surface area contributed by atoms with Crippen LogP contribution in [0.3, 0.4) is 0 Å². The minimum Gasteiger partial charge on any atom is -0.211 e. The molecule has 0 bridgehead atoms. The Morgan fingerprint density at radius 2 is 1.94 bits per heavy atom. The summed E-state index contributed by atoms with van der Waals surface area (Å²) in [6, 6.07) is 2.51. The maximum Gasteiger partial charge on any atom is 0.240 e. The topological polar surface area (TPSA) is 46.2 Å². The number of halogens is 2. The first-order chi connectivity index (χ1) is 7.86. The van der Waals surface area contributed by atoms with Crippen molar-refractivity contribution in [3.05, 3.63) is 29.8 Å². The second kappa shape index (κ2) is 5.55. The van der Waals surface area contributed by atoms with Crippen LogP contribution in [0.4, 0.5) is 8.78 Å². The summed E-state index contributed by atoms with van der Waals surface area (Å²) in [6.45, 7) is 4.11.